The Morgan fingerprint density at radius 2 is 1.96 bits per heavy atom. The number of pyridine rings is 1. The summed E-state index contributed by atoms with van der Waals surface area (Å²) in [4.78, 5) is 45.9. The molecule has 1 aliphatic carbocycles. The van der Waals surface area contributed by atoms with E-state index in [0.717, 1.165) is 75.8 Å². The van der Waals surface area contributed by atoms with Crippen molar-refractivity contribution in [1.29, 1.82) is 0 Å². The van der Waals surface area contributed by atoms with Crippen molar-refractivity contribution in [1.82, 2.24) is 20.1 Å². The molecule has 11 nitrogen and oxygen atoms in total. The molecule has 0 bridgehead atoms. The van der Waals surface area contributed by atoms with Gasteiger partial charge < -0.3 is 36.0 Å². The number of fused-ring (bicyclic) bond motifs is 1. The number of carbonyl (C=O) groups excluding carboxylic acids is 2. The number of benzene rings is 1. The maximum Gasteiger partial charge on any atom is 0.320 e. The number of rotatable bonds is 16. The largest absolute Gasteiger partial charge is 0.491 e. The number of carboxylic acids is 1. The number of aryl methyl sites for hydroxylation is 2. The first-order valence-electron chi connectivity index (χ1n) is 18.4. The number of carboxylic acid groups (broad SMARTS) is 1. The zero-order valence-electron chi connectivity index (χ0n) is 29.9. The van der Waals surface area contributed by atoms with Crippen LogP contribution in [0.25, 0.3) is 0 Å². The number of nitrogens with zero attached hydrogens (tertiary/aromatic N) is 3. The molecule has 3 heterocycles. The molecule has 1 saturated carbocycles. The number of aliphatic carboxylic acids is 1. The van der Waals surface area contributed by atoms with E-state index in [1.54, 1.807) is 15.9 Å². The van der Waals surface area contributed by atoms with Gasteiger partial charge in [-0.05, 0) is 113 Å². The fourth-order valence-corrected chi connectivity index (χ4v) is 7.63. The second-order valence-corrected chi connectivity index (χ2v) is 15.2. The number of carbonyl (C=O) groups is 3. The Morgan fingerprint density at radius 1 is 1.18 bits per heavy atom. The summed E-state index contributed by atoms with van der Waals surface area (Å²) in [5.41, 5.74) is 8.35. The Kier molecular flexibility index (Phi) is 12.6. The highest BCUT2D eigenvalue weighted by Gasteiger charge is 2.36. The molecule has 5 N–H and O–H groups in total. The van der Waals surface area contributed by atoms with Gasteiger partial charge in [-0.15, -0.1) is 0 Å². The van der Waals surface area contributed by atoms with Gasteiger partial charge in [-0.3, -0.25) is 9.59 Å². The van der Waals surface area contributed by atoms with Crippen molar-refractivity contribution in [2.45, 2.75) is 109 Å². The lowest BCUT2D eigenvalue weighted by Crippen LogP contribution is -2.43. The van der Waals surface area contributed by atoms with Crippen LogP contribution < -0.4 is 21.1 Å². The summed E-state index contributed by atoms with van der Waals surface area (Å²) in [5, 5.41) is 16.2. The number of hydrogen-bond acceptors (Lipinski definition) is 7. The van der Waals surface area contributed by atoms with Crippen LogP contribution in [-0.2, 0) is 22.4 Å². The average Bonchev–Trinajstić information content (AvgIpc) is 3.43. The lowest BCUT2D eigenvalue weighted by atomic mass is 9.84. The molecule has 0 radical (unpaired) electrons. The lowest BCUT2D eigenvalue weighted by Gasteiger charge is -2.31. The Labute approximate surface area is 295 Å². The van der Waals surface area contributed by atoms with Crippen LogP contribution in [-0.4, -0.2) is 82.2 Å². The number of aromatic nitrogens is 1. The van der Waals surface area contributed by atoms with Crippen LogP contribution in [0.1, 0.15) is 101 Å². The van der Waals surface area contributed by atoms with Crippen molar-refractivity contribution >= 4 is 23.7 Å². The van der Waals surface area contributed by atoms with Gasteiger partial charge in [-0.2, -0.15) is 0 Å². The molecule has 2 atom stereocenters. The van der Waals surface area contributed by atoms with Crippen LogP contribution in [0, 0.1) is 17.7 Å². The zero-order chi connectivity index (χ0) is 35.8. The van der Waals surface area contributed by atoms with Gasteiger partial charge in [-0.1, -0.05) is 19.1 Å². The number of anilines is 1. The second-order valence-electron chi connectivity index (χ2n) is 15.2. The monoisotopic (exact) mass is 694 g/mol. The highest BCUT2D eigenvalue weighted by Crippen LogP contribution is 2.32. The van der Waals surface area contributed by atoms with Crippen molar-refractivity contribution in [2.24, 2.45) is 17.6 Å². The van der Waals surface area contributed by atoms with Gasteiger partial charge in [0.2, 0.25) is 5.91 Å². The third-order valence-electron chi connectivity index (χ3n) is 10.3. The average molecular weight is 695 g/mol. The second kappa shape index (κ2) is 16.9. The maximum atomic E-state index is 15.3. The lowest BCUT2D eigenvalue weighted by molar-refractivity contribution is -0.138. The molecular weight excluding hydrogens is 639 g/mol. The molecule has 0 spiro atoms. The zero-order valence-corrected chi connectivity index (χ0v) is 29.9. The van der Waals surface area contributed by atoms with Crippen LogP contribution in [0.15, 0.2) is 30.3 Å². The summed E-state index contributed by atoms with van der Waals surface area (Å²) in [7, 11) is 0. The fraction of sp³-hybridized carbons (Fsp3) is 0.632. The molecule has 50 heavy (non-hydrogen) atoms. The maximum absolute atomic E-state index is 15.3. The molecule has 1 unspecified atom stereocenters. The van der Waals surface area contributed by atoms with E-state index in [4.69, 9.17) is 15.5 Å². The predicted molar refractivity (Wildman–Crippen MR) is 190 cm³/mol. The van der Waals surface area contributed by atoms with Crippen LogP contribution in [0.4, 0.5) is 15.0 Å². The molecule has 12 heteroatoms. The first-order chi connectivity index (χ1) is 23.9. The third kappa shape index (κ3) is 10.3. The molecule has 274 valence electrons. The molecule has 2 aromatic rings. The summed E-state index contributed by atoms with van der Waals surface area (Å²) in [5.74, 6) is -0.215. The number of amides is 3. The molecule has 1 saturated heterocycles. The van der Waals surface area contributed by atoms with E-state index in [-0.39, 0.29) is 41.6 Å². The van der Waals surface area contributed by atoms with Crippen LogP contribution >= 0.6 is 0 Å². The fourth-order valence-electron chi connectivity index (χ4n) is 7.63. The molecule has 3 amide bonds. The minimum atomic E-state index is -1.06. The quantitative estimate of drug-likeness (QED) is 0.176. The van der Waals surface area contributed by atoms with Crippen molar-refractivity contribution in [3.63, 3.8) is 0 Å². The van der Waals surface area contributed by atoms with E-state index in [2.05, 4.69) is 22.8 Å². The van der Waals surface area contributed by atoms with Crippen molar-refractivity contribution in [3.8, 4) is 5.75 Å². The first-order valence-corrected chi connectivity index (χ1v) is 18.4. The number of halogens is 1. The number of nitrogens with two attached hydrogens (primary N) is 1. The van der Waals surface area contributed by atoms with Gasteiger partial charge in [0.25, 0.3) is 0 Å². The summed E-state index contributed by atoms with van der Waals surface area (Å²) in [6.45, 7) is 8.45. The van der Waals surface area contributed by atoms with Gasteiger partial charge in [0.05, 0.1) is 19.1 Å². The Balaban J connectivity index is 1.08. The molecule has 1 aromatic carbocycles. The van der Waals surface area contributed by atoms with Gasteiger partial charge in [0, 0.05) is 49.4 Å². The molecular formula is C38H55FN6O5. The summed E-state index contributed by atoms with van der Waals surface area (Å²) in [6.07, 6.45) is 8.43. The molecule has 2 aliphatic heterocycles. The minimum absolute atomic E-state index is 0.0541. The Morgan fingerprint density at radius 3 is 2.68 bits per heavy atom. The van der Waals surface area contributed by atoms with Crippen molar-refractivity contribution in [3.05, 3.63) is 53.0 Å². The SMILES string of the molecule is CC(CC(C)(C)N)C(=O)N[C@H]1CC[C@H](CCOc2ccc([C@H](CC(=O)O)N3CCN(CCCc4ccc5c(n4)NCCC5)C3=O)cc2F)CC1. The van der Waals surface area contributed by atoms with Crippen molar-refractivity contribution in [2.75, 3.05) is 38.1 Å². The van der Waals surface area contributed by atoms with Gasteiger partial charge in [-0.25, -0.2) is 14.2 Å². The summed E-state index contributed by atoms with van der Waals surface area (Å²) < 4.78 is 21.1. The van der Waals surface area contributed by atoms with E-state index in [0.29, 0.717) is 44.1 Å². The molecule has 5 rings (SSSR count). The highest BCUT2D eigenvalue weighted by atomic mass is 19.1. The van der Waals surface area contributed by atoms with Crippen LogP contribution in [0.5, 0.6) is 5.75 Å². The van der Waals surface area contributed by atoms with Gasteiger partial charge in [0.15, 0.2) is 11.6 Å². The first kappa shape index (κ1) is 37.3. The topological polar surface area (TPSA) is 150 Å². The van der Waals surface area contributed by atoms with Gasteiger partial charge in [0.1, 0.15) is 5.82 Å². The Bertz CT molecular complexity index is 1490. The predicted octanol–water partition coefficient (Wildman–Crippen LogP) is 5.67. The number of urea groups is 1. The standard InChI is InChI=1S/C38H55FN6O5/c1-25(24-38(2,3)40)36(48)43-30-12-8-26(9-13-30)16-21-50-33-15-11-28(22-31(33)39)32(23-34(46)47)45-20-19-44(37(45)49)18-5-7-29-14-10-27-6-4-17-41-35(27)42-29/h10-11,14-15,22,25-26,30,32H,4-9,12-13,16-21,23-24,40H2,1-3H3,(H,41,42)(H,43,48)(H,46,47)/t25?,26-,30-,32-/m0/s1. The van der Waals surface area contributed by atoms with Crippen LogP contribution in [0.3, 0.4) is 0 Å². The molecule has 2 fully saturated rings. The summed E-state index contributed by atoms with van der Waals surface area (Å²) in [6, 6.07) is 7.82. The van der Waals surface area contributed by atoms with E-state index in [9.17, 15) is 19.5 Å². The third-order valence-corrected chi connectivity index (χ3v) is 10.3. The van der Waals surface area contributed by atoms with E-state index < -0.39 is 17.8 Å². The number of hydrogen-bond donors (Lipinski definition) is 4. The van der Waals surface area contributed by atoms with E-state index in [1.165, 1.54) is 17.7 Å². The van der Waals surface area contributed by atoms with Crippen LogP contribution in [0.2, 0.25) is 0 Å². The summed E-state index contributed by atoms with van der Waals surface area (Å²) >= 11 is 0. The van der Waals surface area contributed by atoms with E-state index in [1.807, 2.05) is 20.8 Å². The van der Waals surface area contributed by atoms with Gasteiger partial charge >= 0.3 is 12.0 Å². The number of ether oxygens (including phenoxy) is 1. The smallest absolute Gasteiger partial charge is 0.320 e. The van der Waals surface area contributed by atoms with E-state index >= 15 is 4.39 Å². The number of nitrogens with one attached hydrogen (secondary N) is 2. The minimum Gasteiger partial charge on any atom is -0.491 e. The Hall–Kier alpha value is -3.93. The molecule has 3 aliphatic rings. The highest BCUT2D eigenvalue weighted by molar-refractivity contribution is 5.79. The van der Waals surface area contributed by atoms with Crippen molar-refractivity contribution < 1.29 is 28.6 Å². The normalized spacial score (nSPS) is 20.5. The molecule has 1 aromatic heterocycles.